The van der Waals surface area contributed by atoms with Crippen molar-refractivity contribution in [2.24, 2.45) is 0 Å². The van der Waals surface area contributed by atoms with Gasteiger partial charge in [0.2, 0.25) is 5.95 Å². The highest BCUT2D eigenvalue weighted by Gasteiger charge is 1.99. The summed E-state index contributed by atoms with van der Waals surface area (Å²) in [7, 11) is 1.60. The van der Waals surface area contributed by atoms with Crippen LogP contribution in [-0.2, 0) is 4.79 Å². The van der Waals surface area contributed by atoms with Gasteiger partial charge >= 0.3 is 0 Å². The molecule has 1 amide bonds. The number of ether oxygens (including phenoxy) is 1. The number of carbonyl (C=O) groups excluding carboxylic acids is 1. The maximum atomic E-state index is 11.5. The Hall–Kier alpha value is -2.63. The number of anilines is 1. The molecule has 0 saturated carbocycles. The molecular weight excluding hydrogens is 232 g/mol. The van der Waals surface area contributed by atoms with Crippen molar-refractivity contribution in [1.82, 2.24) is 15.2 Å². The second-order valence-electron chi connectivity index (χ2n) is 3.43. The van der Waals surface area contributed by atoms with Crippen molar-refractivity contribution in [3.8, 4) is 5.75 Å². The number of hydrogen-bond acceptors (Lipinski definition) is 4. The SMILES string of the molecule is COc1cccc(C=CC(=O)Nc2ncn[nH]2)c1. The van der Waals surface area contributed by atoms with Crippen LogP contribution in [0.15, 0.2) is 36.7 Å². The molecule has 92 valence electrons. The molecule has 2 rings (SSSR count). The molecular formula is C12H12N4O2. The minimum absolute atomic E-state index is 0.283. The van der Waals surface area contributed by atoms with E-state index in [4.69, 9.17) is 4.74 Å². The molecule has 0 unspecified atom stereocenters. The third-order valence-corrected chi connectivity index (χ3v) is 2.18. The number of nitrogens with zero attached hydrogens (tertiary/aromatic N) is 2. The molecule has 6 heteroatoms. The van der Waals surface area contributed by atoms with E-state index in [1.807, 2.05) is 24.3 Å². The van der Waals surface area contributed by atoms with Gasteiger partial charge in [0.05, 0.1) is 7.11 Å². The minimum Gasteiger partial charge on any atom is -0.497 e. The number of amides is 1. The van der Waals surface area contributed by atoms with Crippen LogP contribution in [0.2, 0.25) is 0 Å². The van der Waals surface area contributed by atoms with Crippen LogP contribution in [-0.4, -0.2) is 28.2 Å². The minimum atomic E-state index is -0.283. The fourth-order valence-electron chi connectivity index (χ4n) is 1.34. The first-order valence-electron chi connectivity index (χ1n) is 5.26. The van der Waals surface area contributed by atoms with Crippen LogP contribution in [0.1, 0.15) is 5.56 Å². The van der Waals surface area contributed by atoms with Crippen LogP contribution in [0.25, 0.3) is 6.08 Å². The number of rotatable bonds is 4. The highest BCUT2D eigenvalue weighted by Crippen LogP contribution is 2.13. The van der Waals surface area contributed by atoms with Crippen molar-refractivity contribution in [3.63, 3.8) is 0 Å². The van der Waals surface area contributed by atoms with Crippen LogP contribution in [0.4, 0.5) is 5.95 Å². The normalized spacial score (nSPS) is 10.5. The Morgan fingerprint density at radius 2 is 2.39 bits per heavy atom. The molecule has 1 aromatic carbocycles. The summed E-state index contributed by atoms with van der Waals surface area (Å²) in [6.07, 6.45) is 4.42. The summed E-state index contributed by atoms with van der Waals surface area (Å²) in [5.41, 5.74) is 0.877. The smallest absolute Gasteiger partial charge is 0.250 e. The number of H-pyrrole nitrogens is 1. The lowest BCUT2D eigenvalue weighted by Crippen LogP contribution is -2.08. The van der Waals surface area contributed by atoms with Gasteiger partial charge in [-0.25, -0.2) is 5.10 Å². The van der Waals surface area contributed by atoms with Gasteiger partial charge in [-0.3, -0.25) is 10.1 Å². The summed E-state index contributed by atoms with van der Waals surface area (Å²) in [6.45, 7) is 0. The average molecular weight is 244 g/mol. The lowest BCUT2D eigenvalue weighted by atomic mass is 10.2. The molecule has 0 atom stereocenters. The zero-order chi connectivity index (χ0) is 12.8. The topological polar surface area (TPSA) is 79.9 Å². The maximum Gasteiger partial charge on any atom is 0.250 e. The fourth-order valence-corrected chi connectivity index (χ4v) is 1.34. The zero-order valence-electron chi connectivity index (χ0n) is 9.75. The van der Waals surface area contributed by atoms with Crippen LogP contribution in [0.5, 0.6) is 5.75 Å². The third kappa shape index (κ3) is 3.18. The first-order chi connectivity index (χ1) is 8.78. The van der Waals surface area contributed by atoms with Crippen molar-refractivity contribution in [1.29, 1.82) is 0 Å². The lowest BCUT2D eigenvalue weighted by molar-refractivity contribution is -0.111. The van der Waals surface area contributed by atoms with Gasteiger partial charge in [-0.05, 0) is 23.8 Å². The Morgan fingerprint density at radius 3 is 3.11 bits per heavy atom. The Labute approximate surface area is 104 Å². The average Bonchev–Trinajstić information content (AvgIpc) is 2.89. The van der Waals surface area contributed by atoms with Crippen LogP contribution in [0, 0.1) is 0 Å². The molecule has 0 spiro atoms. The summed E-state index contributed by atoms with van der Waals surface area (Å²) in [4.78, 5) is 15.3. The standard InChI is InChI=1S/C12H12N4O2/c1-18-10-4-2-3-9(7-10)5-6-11(17)15-12-13-8-14-16-12/h2-8H,1H3,(H2,13,14,15,16,17). The number of carbonyl (C=O) groups is 1. The predicted molar refractivity (Wildman–Crippen MR) is 67.0 cm³/mol. The fraction of sp³-hybridized carbons (Fsp3) is 0.0833. The van der Waals surface area contributed by atoms with Gasteiger partial charge in [-0.2, -0.15) is 10.1 Å². The Kier molecular flexibility index (Phi) is 3.70. The van der Waals surface area contributed by atoms with Crippen LogP contribution < -0.4 is 10.1 Å². The van der Waals surface area contributed by atoms with E-state index in [1.54, 1.807) is 13.2 Å². The number of nitrogens with one attached hydrogen (secondary N) is 2. The highest BCUT2D eigenvalue weighted by atomic mass is 16.5. The van der Waals surface area contributed by atoms with Gasteiger partial charge in [0, 0.05) is 6.08 Å². The molecule has 0 saturated heterocycles. The molecule has 1 aromatic heterocycles. The summed E-state index contributed by atoms with van der Waals surface area (Å²) in [5.74, 6) is 0.776. The number of aromatic amines is 1. The predicted octanol–water partition coefficient (Wildman–Crippen LogP) is 1.47. The molecule has 0 fully saturated rings. The first-order valence-corrected chi connectivity index (χ1v) is 5.26. The maximum absolute atomic E-state index is 11.5. The first kappa shape index (κ1) is 11.8. The number of hydrogen-bond donors (Lipinski definition) is 2. The molecule has 1 heterocycles. The largest absolute Gasteiger partial charge is 0.497 e. The molecule has 18 heavy (non-hydrogen) atoms. The van der Waals surface area contributed by atoms with E-state index in [9.17, 15) is 4.79 Å². The number of aromatic nitrogens is 3. The summed E-state index contributed by atoms with van der Waals surface area (Å²) < 4.78 is 5.09. The van der Waals surface area contributed by atoms with E-state index in [0.29, 0.717) is 5.95 Å². The highest BCUT2D eigenvalue weighted by molar-refractivity contribution is 6.00. The Morgan fingerprint density at radius 1 is 1.50 bits per heavy atom. The van der Waals surface area contributed by atoms with Gasteiger partial charge in [-0.15, -0.1) is 0 Å². The molecule has 0 radical (unpaired) electrons. The van der Waals surface area contributed by atoms with Gasteiger partial charge in [0.25, 0.3) is 5.91 Å². The van der Waals surface area contributed by atoms with Gasteiger partial charge in [0.15, 0.2) is 0 Å². The van der Waals surface area contributed by atoms with E-state index in [2.05, 4.69) is 20.5 Å². The summed E-state index contributed by atoms with van der Waals surface area (Å²) >= 11 is 0. The second-order valence-corrected chi connectivity index (χ2v) is 3.43. The quantitative estimate of drug-likeness (QED) is 0.798. The molecule has 0 aliphatic heterocycles. The molecule has 0 aliphatic rings. The third-order valence-electron chi connectivity index (χ3n) is 2.18. The Balaban J connectivity index is 1.99. The molecule has 0 bridgehead atoms. The van der Waals surface area contributed by atoms with E-state index >= 15 is 0 Å². The summed E-state index contributed by atoms with van der Waals surface area (Å²) in [6, 6.07) is 7.40. The lowest BCUT2D eigenvalue weighted by Gasteiger charge is -2.00. The number of benzene rings is 1. The van der Waals surface area contributed by atoms with Crippen molar-refractivity contribution < 1.29 is 9.53 Å². The van der Waals surface area contributed by atoms with Crippen LogP contribution >= 0.6 is 0 Å². The molecule has 2 N–H and O–H groups in total. The van der Waals surface area contributed by atoms with Crippen molar-refractivity contribution in [3.05, 3.63) is 42.2 Å². The van der Waals surface area contributed by atoms with E-state index in [-0.39, 0.29) is 5.91 Å². The van der Waals surface area contributed by atoms with Crippen molar-refractivity contribution >= 4 is 17.9 Å². The van der Waals surface area contributed by atoms with Gasteiger partial charge in [-0.1, -0.05) is 12.1 Å². The monoisotopic (exact) mass is 244 g/mol. The molecule has 6 nitrogen and oxygen atoms in total. The summed E-state index contributed by atoms with van der Waals surface area (Å²) in [5, 5.41) is 8.70. The zero-order valence-corrected chi connectivity index (χ0v) is 9.75. The van der Waals surface area contributed by atoms with Gasteiger partial charge in [0.1, 0.15) is 12.1 Å². The molecule has 0 aliphatic carbocycles. The number of methoxy groups -OCH3 is 1. The Bertz CT molecular complexity index is 549. The van der Waals surface area contributed by atoms with E-state index in [1.165, 1.54) is 12.4 Å². The van der Waals surface area contributed by atoms with Crippen molar-refractivity contribution in [2.75, 3.05) is 12.4 Å². The second kappa shape index (κ2) is 5.62. The van der Waals surface area contributed by atoms with E-state index in [0.717, 1.165) is 11.3 Å². The van der Waals surface area contributed by atoms with Crippen molar-refractivity contribution in [2.45, 2.75) is 0 Å². The van der Waals surface area contributed by atoms with E-state index < -0.39 is 0 Å². The van der Waals surface area contributed by atoms with Crippen LogP contribution in [0.3, 0.4) is 0 Å². The molecule has 2 aromatic rings. The van der Waals surface area contributed by atoms with Gasteiger partial charge < -0.3 is 4.74 Å².